The second-order valence-corrected chi connectivity index (χ2v) is 9.81. The predicted octanol–water partition coefficient (Wildman–Crippen LogP) is 7.98. The van der Waals surface area contributed by atoms with E-state index >= 15 is 0 Å². The van der Waals surface area contributed by atoms with E-state index in [1.807, 2.05) is 60.7 Å². The van der Waals surface area contributed by atoms with E-state index in [-0.39, 0.29) is 0 Å². The van der Waals surface area contributed by atoms with Crippen molar-refractivity contribution in [2.75, 3.05) is 0 Å². The highest BCUT2D eigenvalue weighted by molar-refractivity contribution is 6.20. The third kappa shape index (κ3) is 4.30. The maximum atomic E-state index is 9.37. The summed E-state index contributed by atoms with van der Waals surface area (Å²) in [5, 5.41) is 23.0. The van der Waals surface area contributed by atoms with E-state index < -0.39 is 0 Å². The molecule has 42 heavy (non-hydrogen) atoms. The number of benzene rings is 3. The molecule has 0 bridgehead atoms. The Morgan fingerprint density at radius 1 is 0.429 bits per heavy atom. The molecule has 0 aliphatic carbocycles. The number of nitrogens with zero attached hydrogens (tertiary/aromatic N) is 6. The molecule has 0 saturated heterocycles. The van der Waals surface area contributed by atoms with E-state index in [1.165, 1.54) is 0 Å². The van der Waals surface area contributed by atoms with Gasteiger partial charge < -0.3 is 0 Å². The summed E-state index contributed by atoms with van der Waals surface area (Å²) in [5.41, 5.74) is 7.76. The van der Waals surface area contributed by atoms with Crippen LogP contribution in [0.2, 0.25) is 0 Å². The molecule has 4 heterocycles. The zero-order valence-electron chi connectivity index (χ0n) is 22.2. The molecule has 0 N–H and O–H groups in total. The van der Waals surface area contributed by atoms with Gasteiger partial charge in [-0.05, 0) is 57.9 Å². The van der Waals surface area contributed by atoms with Gasteiger partial charge in [-0.25, -0.2) is 9.97 Å². The van der Waals surface area contributed by atoms with Crippen LogP contribution in [0, 0.1) is 22.7 Å². The Morgan fingerprint density at radius 3 is 1.19 bits per heavy atom. The fourth-order valence-electron chi connectivity index (χ4n) is 5.43. The Balaban J connectivity index is 1.47. The Kier molecular flexibility index (Phi) is 6.13. The van der Waals surface area contributed by atoms with Crippen LogP contribution in [0.25, 0.3) is 66.6 Å². The standard InChI is InChI=1S/C36H20N6/c37-17-23-15-25(21-39-19-23)31-11-5-13-33(41-31)35-27-7-1-2-8-28(27)36(30-10-4-3-9-29(30)35)34-14-6-12-32(42-34)26-16-24(18-38)20-40-22-26/h1-16,19-22H. The molecule has 0 radical (unpaired) electrons. The Hall–Kier alpha value is -6.24. The van der Waals surface area contributed by atoms with Gasteiger partial charge in [-0.3, -0.25) is 9.97 Å². The number of fused-ring (bicyclic) bond motifs is 2. The smallest absolute Gasteiger partial charge is 0.101 e. The molecule has 0 aliphatic heterocycles. The number of nitriles is 2. The van der Waals surface area contributed by atoms with Gasteiger partial charge >= 0.3 is 0 Å². The second-order valence-electron chi connectivity index (χ2n) is 9.81. The molecule has 6 nitrogen and oxygen atoms in total. The average Bonchev–Trinajstić information content (AvgIpc) is 3.07. The van der Waals surface area contributed by atoms with Gasteiger partial charge in [0.2, 0.25) is 0 Å². The number of rotatable bonds is 4. The molecular formula is C36H20N6. The monoisotopic (exact) mass is 536 g/mol. The van der Waals surface area contributed by atoms with Crippen molar-refractivity contribution in [1.29, 1.82) is 10.5 Å². The summed E-state index contributed by atoms with van der Waals surface area (Å²) in [5.74, 6) is 0. The molecule has 7 aromatic rings. The lowest BCUT2D eigenvalue weighted by atomic mass is 9.88. The number of pyridine rings is 4. The van der Waals surface area contributed by atoms with Crippen molar-refractivity contribution < 1.29 is 0 Å². The van der Waals surface area contributed by atoms with Crippen molar-refractivity contribution in [3.8, 4) is 57.2 Å². The first-order chi connectivity index (χ1) is 20.7. The van der Waals surface area contributed by atoms with E-state index in [4.69, 9.17) is 9.97 Å². The lowest BCUT2D eigenvalue weighted by Gasteiger charge is -2.17. The first kappa shape index (κ1) is 24.8. The van der Waals surface area contributed by atoms with Gasteiger partial charge in [0.05, 0.1) is 33.9 Å². The van der Waals surface area contributed by atoms with Gasteiger partial charge in [0.15, 0.2) is 0 Å². The van der Waals surface area contributed by atoms with E-state index in [0.717, 1.165) is 66.6 Å². The molecule has 0 spiro atoms. The summed E-state index contributed by atoms with van der Waals surface area (Å²) < 4.78 is 0. The molecule has 6 heteroatoms. The van der Waals surface area contributed by atoms with Crippen LogP contribution in [0.15, 0.2) is 122 Å². The third-order valence-electron chi connectivity index (χ3n) is 7.27. The molecular weight excluding hydrogens is 516 g/mol. The summed E-state index contributed by atoms with van der Waals surface area (Å²) in [7, 11) is 0. The molecule has 0 saturated carbocycles. The summed E-state index contributed by atoms with van der Waals surface area (Å²) in [6.45, 7) is 0. The molecule has 3 aromatic carbocycles. The Morgan fingerprint density at radius 2 is 0.810 bits per heavy atom. The number of hydrogen-bond acceptors (Lipinski definition) is 6. The molecule has 0 aliphatic rings. The molecule has 7 rings (SSSR count). The van der Waals surface area contributed by atoms with Crippen molar-refractivity contribution in [2.24, 2.45) is 0 Å². The van der Waals surface area contributed by atoms with Crippen molar-refractivity contribution in [3.05, 3.63) is 133 Å². The van der Waals surface area contributed by atoms with Crippen LogP contribution in [0.1, 0.15) is 11.1 Å². The molecule has 0 fully saturated rings. The van der Waals surface area contributed by atoms with Crippen LogP contribution in [-0.4, -0.2) is 19.9 Å². The maximum absolute atomic E-state index is 9.37. The van der Waals surface area contributed by atoms with Crippen molar-refractivity contribution >= 4 is 21.5 Å². The summed E-state index contributed by atoms with van der Waals surface area (Å²) in [6.07, 6.45) is 6.55. The SMILES string of the molecule is N#Cc1cncc(-c2cccc(-c3c4ccccc4c(-c4cccc(-c5cncc(C#N)c5)n4)c4ccccc34)n2)c1. The zero-order valence-corrected chi connectivity index (χ0v) is 22.2. The van der Waals surface area contributed by atoms with Crippen LogP contribution in [0.4, 0.5) is 0 Å². The topological polar surface area (TPSA) is 99.1 Å². The first-order valence-corrected chi connectivity index (χ1v) is 13.3. The van der Waals surface area contributed by atoms with Crippen LogP contribution in [-0.2, 0) is 0 Å². The minimum absolute atomic E-state index is 0.491. The van der Waals surface area contributed by atoms with Gasteiger partial charge in [-0.2, -0.15) is 10.5 Å². The number of aromatic nitrogens is 4. The minimum Gasteiger partial charge on any atom is -0.263 e. The maximum Gasteiger partial charge on any atom is 0.101 e. The molecule has 0 amide bonds. The normalized spacial score (nSPS) is 10.8. The van der Waals surface area contributed by atoms with Gasteiger partial charge in [0, 0.05) is 47.0 Å². The molecule has 0 atom stereocenters. The fraction of sp³-hybridized carbons (Fsp3) is 0. The lowest BCUT2D eigenvalue weighted by Crippen LogP contribution is -1.95. The zero-order chi connectivity index (χ0) is 28.5. The van der Waals surface area contributed by atoms with E-state index in [0.29, 0.717) is 11.1 Å². The third-order valence-corrected chi connectivity index (χ3v) is 7.27. The van der Waals surface area contributed by atoms with Gasteiger partial charge in [-0.15, -0.1) is 0 Å². The van der Waals surface area contributed by atoms with Crippen molar-refractivity contribution in [2.45, 2.75) is 0 Å². The highest BCUT2D eigenvalue weighted by Gasteiger charge is 2.18. The highest BCUT2D eigenvalue weighted by Crippen LogP contribution is 2.43. The van der Waals surface area contributed by atoms with Crippen LogP contribution in [0.3, 0.4) is 0 Å². The van der Waals surface area contributed by atoms with Crippen LogP contribution in [0.5, 0.6) is 0 Å². The van der Waals surface area contributed by atoms with E-state index in [1.54, 1.807) is 36.9 Å². The quantitative estimate of drug-likeness (QED) is 0.211. The molecule has 4 aromatic heterocycles. The average molecular weight is 537 g/mol. The minimum atomic E-state index is 0.491. The summed E-state index contributed by atoms with van der Waals surface area (Å²) in [4.78, 5) is 18.6. The summed E-state index contributed by atoms with van der Waals surface area (Å²) in [6, 6.07) is 36.5. The van der Waals surface area contributed by atoms with Crippen molar-refractivity contribution in [3.63, 3.8) is 0 Å². The Bertz CT molecular complexity index is 2020. The lowest BCUT2D eigenvalue weighted by molar-refractivity contribution is 1.27. The Labute approximate surface area is 241 Å². The largest absolute Gasteiger partial charge is 0.263 e. The van der Waals surface area contributed by atoms with Gasteiger partial charge in [0.1, 0.15) is 12.1 Å². The van der Waals surface area contributed by atoms with Crippen molar-refractivity contribution in [1.82, 2.24) is 19.9 Å². The van der Waals surface area contributed by atoms with Crippen LogP contribution >= 0.6 is 0 Å². The van der Waals surface area contributed by atoms with Gasteiger partial charge in [-0.1, -0.05) is 60.7 Å². The van der Waals surface area contributed by atoms with E-state index in [2.05, 4.69) is 46.4 Å². The predicted molar refractivity (Wildman–Crippen MR) is 164 cm³/mol. The van der Waals surface area contributed by atoms with Gasteiger partial charge in [0.25, 0.3) is 0 Å². The summed E-state index contributed by atoms with van der Waals surface area (Å²) >= 11 is 0. The molecule has 194 valence electrons. The fourth-order valence-corrected chi connectivity index (χ4v) is 5.43. The first-order valence-electron chi connectivity index (χ1n) is 13.3. The number of hydrogen-bond donors (Lipinski definition) is 0. The second kappa shape index (κ2) is 10.4. The van der Waals surface area contributed by atoms with Crippen LogP contribution < -0.4 is 0 Å². The van der Waals surface area contributed by atoms with E-state index in [9.17, 15) is 10.5 Å². The molecule has 0 unspecified atom stereocenters. The highest BCUT2D eigenvalue weighted by atomic mass is 14.7.